The molecule has 0 radical (unpaired) electrons. The van der Waals surface area contributed by atoms with E-state index in [0.29, 0.717) is 0 Å². The first-order valence-corrected chi connectivity index (χ1v) is 14.5. The highest BCUT2D eigenvalue weighted by molar-refractivity contribution is 4.97. The molecule has 4 saturated heterocycles. The largest absolute Gasteiger partial charge is 0.394 e. The van der Waals surface area contributed by atoms with Gasteiger partial charge in [-0.2, -0.15) is 0 Å². The van der Waals surface area contributed by atoms with Gasteiger partial charge in [-0.05, 0) is 0 Å². The minimum atomic E-state index is -2.00. The van der Waals surface area contributed by atoms with E-state index in [2.05, 4.69) is 0 Å². The van der Waals surface area contributed by atoms with Gasteiger partial charge in [-0.1, -0.05) is 0 Å². The van der Waals surface area contributed by atoms with Crippen LogP contribution >= 0.6 is 0 Å². The third kappa shape index (κ3) is 7.50. The minimum Gasteiger partial charge on any atom is -0.394 e. The Morgan fingerprint density at radius 1 is 0.391 bits per heavy atom. The minimum absolute atomic E-state index is 0.647. The third-order valence-corrected chi connectivity index (χ3v) is 8.45. The molecular formula is C25H44O21. The molecule has 4 aliphatic rings. The van der Waals surface area contributed by atoms with Crippen LogP contribution in [0.15, 0.2) is 0 Å². The molecular weight excluding hydrogens is 636 g/mol. The highest BCUT2D eigenvalue weighted by Crippen LogP contribution is 2.34. The van der Waals surface area contributed by atoms with Crippen LogP contribution in [0.3, 0.4) is 0 Å². The van der Waals surface area contributed by atoms with Crippen molar-refractivity contribution >= 4 is 0 Å². The number of rotatable bonds is 11. The molecule has 13 N–H and O–H groups in total. The summed E-state index contributed by atoms with van der Waals surface area (Å²) in [5, 5.41) is 133. The number of hydrogen-bond donors (Lipinski definition) is 13. The summed E-state index contributed by atoms with van der Waals surface area (Å²) in [7, 11) is 1.21. The highest BCUT2D eigenvalue weighted by atomic mass is 16.8. The fourth-order valence-corrected chi connectivity index (χ4v) is 5.82. The van der Waals surface area contributed by atoms with Crippen molar-refractivity contribution in [3.8, 4) is 0 Å². The topological polar surface area (TPSA) is 337 Å². The van der Waals surface area contributed by atoms with Gasteiger partial charge in [-0.15, -0.1) is 0 Å². The van der Waals surface area contributed by atoms with Crippen LogP contribution in [0.4, 0.5) is 0 Å². The van der Waals surface area contributed by atoms with Crippen LogP contribution in [0.25, 0.3) is 0 Å². The van der Waals surface area contributed by atoms with Crippen LogP contribution < -0.4 is 0 Å². The molecule has 0 aromatic carbocycles. The van der Waals surface area contributed by atoms with Gasteiger partial charge in [0, 0.05) is 7.11 Å². The average molecular weight is 681 g/mol. The zero-order chi connectivity index (χ0) is 34.0. The summed E-state index contributed by atoms with van der Waals surface area (Å²) in [4.78, 5) is 0. The van der Waals surface area contributed by atoms with Crippen molar-refractivity contribution in [2.45, 2.75) is 123 Å². The maximum absolute atomic E-state index is 10.9. The molecule has 0 aromatic rings. The molecule has 0 aromatic heterocycles. The molecule has 4 fully saturated rings. The van der Waals surface area contributed by atoms with Crippen molar-refractivity contribution in [2.75, 3.05) is 33.5 Å². The Hall–Kier alpha value is -0.840. The quantitative estimate of drug-likeness (QED) is 0.0963. The van der Waals surface area contributed by atoms with E-state index in [1.807, 2.05) is 0 Å². The summed E-state index contributed by atoms with van der Waals surface area (Å²) in [5.74, 6) is 0. The van der Waals surface area contributed by atoms with E-state index in [0.717, 1.165) is 0 Å². The van der Waals surface area contributed by atoms with Crippen LogP contribution in [0.1, 0.15) is 0 Å². The lowest BCUT2D eigenvalue weighted by Gasteiger charge is -2.49. The first kappa shape index (κ1) is 38.0. The third-order valence-electron chi connectivity index (χ3n) is 8.45. The Bertz CT molecular complexity index is 926. The Labute approximate surface area is 261 Å². The number of aliphatic hydroxyl groups excluding tert-OH is 13. The van der Waals surface area contributed by atoms with Crippen molar-refractivity contribution < 1.29 is 104 Å². The molecule has 4 heterocycles. The standard InChI is InChI=1S/C25H44O21/c1-39-18-6(2-26)41-23(15(35)11(18)31)45-20-8(4-28)43-25(17(37)13(20)33)46-21-9(5-29)42-24(16(36)12(21)32)44-19-7(3-27)40-22(38)14(34)10(19)30/h6-38H,2-5H2,1H3. The van der Waals surface area contributed by atoms with Gasteiger partial charge in [-0.3, -0.25) is 0 Å². The highest BCUT2D eigenvalue weighted by Gasteiger charge is 2.55. The molecule has 20 atom stereocenters. The van der Waals surface area contributed by atoms with Crippen LogP contribution in [0, 0.1) is 0 Å². The number of methoxy groups -OCH3 is 1. The van der Waals surface area contributed by atoms with E-state index in [4.69, 9.17) is 37.9 Å². The molecule has 0 amide bonds. The summed E-state index contributed by atoms with van der Waals surface area (Å²) >= 11 is 0. The normalized spacial score (nSPS) is 52.0. The lowest BCUT2D eigenvalue weighted by atomic mass is 9.95. The molecule has 0 aliphatic carbocycles. The molecule has 270 valence electrons. The molecule has 21 nitrogen and oxygen atoms in total. The lowest BCUT2D eigenvalue weighted by molar-refractivity contribution is -0.387. The van der Waals surface area contributed by atoms with E-state index < -0.39 is 149 Å². The van der Waals surface area contributed by atoms with E-state index in [-0.39, 0.29) is 0 Å². The molecule has 0 spiro atoms. The Kier molecular flexibility index (Phi) is 13.4. The summed E-state index contributed by atoms with van der Waals surface area (Å²) in [6.45, 7) is -3.21. The first-order chi connectivity index (χ1) is 21.8. The molecule has 0 bridgehead atoms. The van der Waals surface area contributed by atoms with Crippen LogP contribution in [0.2, 0.25) is 0 Å². The predicted molar refractivity (Wildman–Crippen MR) is 139 cm³/mol. The monoisotopic (exact) mass is 680 g/mol. The predicted octanol–water partition coefficient (Wildman–Crippen LogP) is -9.09. The summed E-state index contributed by atoms with van der Waals surface area (Å²) in [5.41, 5.74) is 0. The second kappa shape index (κ2) is 16.2. The first-order valence-electron chi connectivity index (χ1n) is 14.5. The molecule has 0 saturated carbocycles. The Morgan fingerprint density at radius 3 is 1.00 bits per heavy atom. The van der Waals surface area contributed by atoms with Gasteiger partial charge in [0.2, 0.25) is 0 Å². The zero-order valence-electron chi connectivity index (χ0n) is 24.5. The lowest BCUT2D eigenvalue weighted by Crippen LogP contribution is -2.67. The second-order valence-electron chi connectivity index (χ2n) is 11.4. The average Bonchev–Trinajstić information content (AvgIpc) is 3.05. The van der Waals surface area contributed by atoms with Crippen molar-refractivity contribution in [3.63, 3.8) is 0 Å². The fraction of sp³-hybridized carbons (Fsp3) is 1.00. The summed E-state index contributed by atoms with van der Waals surface area (Å²) in [6, 6.07) is 0. The van der Waals surface area contributed by atoms with Gasteiger partial charge in [0.25, 0.3) is 0 Å². The van der Waals surface area contributed by atoms with Crippen LogP contribution in [-0.4, -0.2) is 223 Å². The van der Waals surface area contributed by atoms with Gasteiger partial charge in [0.1, 0.15) is 97.7 Å². The zero-order valence-corrected chi connectivity index (χ0v) is 24.5. The molecule has 4 aliphatic heterocycles. The molecule has 4 rings (SSSR count). The van der Waals surface area contributed by atoms with E-state index >= 15 is 0 Å². The maximum atomic E-state index is 10.9. The van der Waals surface area contributed by atoms with Gasteiger partial charge in [0.15, 0.2) is 25.2 Å². The van der Waals surface area contributed by atoms with Gasteiger partial charge in [-0.25, -0.2) is 0 Å². The van der Waals surface area contributed by atoms with Crippen molar-refractivity contribution in [1.82, 2.24) is 0 Å². The summed E-state index contributed by atoms with van der Waals surface area (Å²) < 4.78 is 43.2. The van der Waals surface area contributed by atoms with Crippen molar-refractivity contribution in [1.29, 1.82) is 0 Å². The fourth-order valence-electron chi connectivity index (χ4n) is 5.82. The van der Waals surface area contributed by atoms with E-state index in [9.17, 15) is 66.4 Å². The SMILES string of the molecule is COC1C(CO)OC(OC2C(CO)OC(OC3C(CO)OC(OC4C(CO)OC(O)C(O)C4O)C(O)C3O)C(O)C2O)C(O)C1O. The second-order valence-corrected chi connectivity index (χ2v) is 11.4. The smallest absolute Gasteiger partial charge is 0.187 e. The van der Waals surface area contributed by atoms with Gasteiger partial charge >= 0.3 is 0 Å². The van der Waals surface area contributed by atoms with Crippen LogP contribution in [0.5, 0.6) is 0 Å². The molecule has 46 heavy (non-hydrogen) atoms. The van der Waals surface area contributed by atoms with E-state index in [1.54, 1.807) is 0 Å². The van der Waals surface area contributed by atoms with Gasteiger partial charge < -0.3 is 104 Å². The molecule has 20 unspecified atom stereocenters. The number of aliphatic hydroxyl groups is 13. The van der Waals surface area contributed by atoms with E-state index in [1.165, 1.54) is 7.11 Å². The summed E-state index contributed by atoms with van der Waals surface area (Å²) in [6.07, 6.45) is -33.8. The Morgan fingerprint density at radius 2 is 0.674 bits per heavy atom. The maximum Gasteiger partial charge on any atom is 0.187 e. The number of hydrogen-bond acceptors (Lipinski definition) is 21. The molecule has 21 heteroatoms. The van der Waals surface area contributed by atoms with Crippen molar-refractivity contribution in [2.24, 2.45) is 0 Å². The number of ether oxygens (including phenoxy) is 8. The van der Waals surface area contributed by atoms with Crippen molar-refractivity contribution in [3.05, 3.63) is 0 Å². The van der Waals surface area contributed by atoms with Gasteiger partial charge in [0.05, 0.1) is 26.4 Å². The Balaban J connectivity index is 1.43. The van der Waals surface area contributed by atoms with Crippen LogP contribution in [-0.2, 0) is 37.9 Å².